The first-order valence-electron chi connectivity index (χ1n) is 32.8. The molecule has 658 valence electrons. The number of alkyl halides is 15. The maximum Gasteiger partial charge on any atom is 1.00 e. The molecule has 8 N–H and O–H groups in total. The number of thioether (sulfide) groups is 1. The van der Waals surface area contributed by atoms with E-state index in [1.54, 1.807) is 19.1 Å². The molecule has 1 aliphatic heterocycles. The van der Waals surface area contributed by atoms with Gasteiger partial charge < -0.3 is 43.4 Å². The number of ether oxygens (including phenoxy) is 1. The van der Waals surface area contributed by atoms with Gasteiger partial charge in [-0.05, 0) is 210 Å². The fraction of sp³-hybridized carbons (Fsp3) is 0.205. The summed E-state index contributed by atoms with van der Waals surface area (Å²) in [5.74, 6) is -5.80. The molecule has 8 aromatic carbocycles. The normalized spacial score (nSPS) is 13.2. The van der Waals surface area contributed by atoms with Crippen LogP contribution >= 0.6 is 97.2 Å². The summed E-state index contributed by atoms with van der Waals surface area (Å²) in [6.45, 7) is 13.5. The number of sulfone groups is 1. The molecule has 1 saturated heterocycles. The number of amides is 4. The summed E-state index contributed by atoms with van der Waals surface area (Å²) in [6, 6.07) is 36.4. The van der Waals surface area contributed by atoms with Gasteiger partial charge in [0.05, 0.1) is 103 Å². The number of thiol groups is 1. The Kier molecular flexibility index (Phi) is 46.5. The molecule has 0 bridgehead atoms. The zero-order valence-electron chi connectivity index (χ0n) is 65.2. The summed E-state index contributed by atoms with van der Waals surface area (Å²) in [4.78, 5) is 58.3. The predicted molar refractivity (Wildman–Crippen MR) is 450 cm³/mol. The second-order valence-corrected chi connectivity index (χ2v) is 28.9. The van der Waals surface area contributed by atoms with Crippen molar-refractivity contribution in [2.75, 3.05) is 45.1 Å². The predicted octanol–water partition coefficient (Wildman–Crippen LogP) is 17.6. The Morgan fingerprint density at radius 3 is 1.10 bits per heavy atom. The molecule has 0 spiro atoms. The standard InChI is InChI=1S/C18H14F4N2O4S.C18H14F4N2O2S.C12H9F3N2O2.C12H9F3N2O.C8H5F3N2.C6H5FS.C4H5ClO.I2.HI.Na.H/c1-17(26,10-29(27,28)14-6-3-12(19)4-7-14)16(25)24-13-5-2-11(9-23)15(8-13)18(20,21)22;1-17(26,10-27-14-6-3-12(19)4-7-14)16(25)24-13-5-2-11(9-23)15(8-13)18(20,21)22;1-11(6-19-11)10(18)17-8-3-2-7(5-16)9(4-8)12(13,14)15;1-7(2)11(18)17-9-4-3-8(6-16)10(5-9)12(13,14)15;9-8(10,11)7-3-6(13)2-1-5(7)4-12;7-5-1-3-6(8)4-2-5;1-3(2)4(5)6;1-2;;;/h2-8,26H,10H2,1H3,(H,24,25);2-8,26H,10H2,1H3,(H,24,25);2-4H,6H2,1H3,(H,17,18);3-5H,1H2,2H3,(H,17,18);1-3H,13H2;1-4,8H;1H2,2H3;;1H;;/q;;;;;;;;;+1;-1. The number of anilines is 5. The van der Waals surface area contributed by atoms with Gasteiger partial charge in [-0.3, -0.25) is 24.0 Å². The van der Waals surface area contributed by atoms with Crippen molar-refractivity contribution in [1.29, 1.82) is 26.3 Å². The van der Waals surface area contributed by atoms with Crippen LogP contribution in [0.25, 0.3) is 0 Å². The summed E-state index contributed by atoms with van der Waals surface area (Å²) in [5.41, 5.74) is -8.54. The maximum absolute atomic E-state index is 13.0. The van der Waals surface area contributed by atoms with Crippen molar-refractivity contribution in [2.24, 2.45) is 0 Å². The van der Waals surface area contributed by atoms with Gasteiger partial charge >= 0.3 is 60.4 Å². The fourth-order valence-electron chi connectivity index (χ4n) is 8.40. The van der Waals surface area contributed by atoms with E-state index in [4.69, 9.17) is 48.4 Å². The van der Waals surface area contributed by atoms with E-state index >= 15 is 0 Å². The van der Waals surface area contributed by atoms with E-state index in [-0.39, 0.29) is 112 Å². The Bertz CT molecular complexity index is 5420. The number of carbonyl (C=O) groups excluding carboxylic acids is 5. The van der Waals surface area contributed by atoms with Crippen LogP contribution in [0.3, 0.4) is 0 Å². The zero-order chi connectivity index (χ0) is 93.7. The molecule has 0 saturated carbocycles. The third kappa shape index (κ3) is 38.7. The van der Waals surface area contributed by atoms with Gasteiger partial charge in [0, 0.05) is 92.4 Å². The number of hydrogen-bond acceptors (Lipinski definition) is 18. The minimum absolute atomic E-state index is 0. The van der Waals surface area contributed by atoms with E-state index in [1.165, 1.54) is 106 Å². The van der Waals surface area contributed by atoms with Gasteiger partial charge in [-0.15, -0.1) is 48.4 Å². The molecular weight excluding hydrogens is 2110 g/mol. The Morgan fingerprint density at radius 2 is 0.806 bits per heavy atom. The number of aliphatic hydroxyl groups is 2. The number of nitrogens with zero attached hydrogens (tertiary/aromatic N) is 5. The van der Waals surface area contributed by atoms with Crippen molar-refractivity contribution in [2.45, 2.75) is 97.0 Å². The van der Waals surface area contributed by atoms with Crippen LogP contribution in [-0.4, -0.2) is 82.4 Å². The van der Waals surface area contributed by atoms with E-state index in [2.05, 4.69) is 79.0 Å². The molecule has 20 nitrogen and oxygen atoms in total. The third-order valence-corrected chi connectivity index (χ3v) is 18.7. The average Bonchev–Trinajstić information content (AvgIpc) is 1.66. The number of nitrogens with one attached hydrogen (secondary N) is 4. The number of epoxide rings is 1. The molecule has 1 fully saturated rings. The molecular formula is C78H63ClF18I3N10NaO10S3. The molecule has 4 amide bonds. The van der Waals surface area contributed by atoms with Gasteiger partial charge in [-0.2, -0.15) is 92.2 Å². The largest absolute Gasteiger partial charge is 1.00 e. The first kappa shape index (κ1) is 115. The monoisotopic (exact) mass is 2180 g/mol. The number of nitriles is 5. The molecule has 0 aliphatic carbocycles. The smallest absolute Gasteiger partial charge is 1.00 e. The van der Waals surface area contributed by atoms with E-state index < -0.39 is 159 Å². The van der Waals surface area contributed by atoms with Gasteiger partial charge in [0.2, 0.25) is 5.24 Å². The van der Waals surface area contributed by atoms with Gasteiger partial charge in [0.25, 0.3) is 23.6 Å². The van der Waals surface area contributed by atoms with Crippen LogP contribution in [-0.2, 0) is 69.4 Å². The van der Waals surface area contributed by atoms with Gasteiger partial charge in [-0.1, -0.05) is 13.2 Å². The summed E-state index contributed by atoms with van der Waals surface area (Å²) in [5, 5.41) is 72.1. The van der Waals surface area contributed by atoms with Crippen LogP contribution in [0.5, 0.6) is 0 Å². The number of benzene rings is 8. The summed E-state index contributed by atoms with van der Waals surface area (Å²) < 4.78 is 258. The molecule has 9 rings (SSSR count). The second-order valence-electron chi connectivity index (χ2n) is 25.0. The van der Waals surface area contributed by atoms with Gasteiger partial charge in [0.1, 0.15) is 23.1 Å². The van der Waals surface area contributed by atoms with E-state index in [0.717, 1.165) is 109 Å². The topological polar surface area (TPSA) is 366 Å². The van der Waals surface area contributed by atoms with E-state index in [9.17, 15) is 122 Å². The summed E-state index contributed by atoms with van der Waals surface area (Å²) >= 11 is 14.2. The SMILES string of the molecule is C=C(C)C(=O)Cl.C=C(C)C(=O)Nc1ccc(C#N)c(C(F)(F)F)c1.CC(O)(CS(=O)(=O)c1ccc(F)cc1)C(=O)Nc1ccc(C#N)c(C(F)(F)F)c1.CC(O)(CSc1ccc(F)cc1)C(=O)Nc1ccc(C#N)c(C(F)(F)F)c1.CC1(C(=O)Nc2ccc(C#N)c(C(F)(F)F)c2)CO1.Fc1ccc(S)cc1.I.II.N#Cc1ccc(N)cc1C(F)(F)F.[H-].[Na+]. The second kappa shape index (κ2) is 50.2. The maximum atomic E-state index is 13.0. The quantitative estimate of drug-likeness (QED) is 0.00451. The minimum atomic E-state index is -4.86. The Hall–Kier alpha value is -9.21. The molecule has 124 heavy (non-hydrogen) atoms. The van der Waals surface area contributed by atoms with Crippen molar-refractivity contribution in [3.63, 3.8) is 0 Å². The number of halogens is 22. The summed E-state index contributed by atoms with van der Waals surface area (Å²) in [6.07, 6.45) is -23.4. The molecule has 0 radical (unpaired) electrons. The van der Waals surface area contributed by atoms with Crippen molar-refractivity contribution < 1.29 is 157 Å². The van der Waals surface area contributed by atoms with Crippen LogP contribution in [0.2, 0.25) is 0 Å². The Morgan fingerprint density at radius 1 is 0.524 bits per heavy atom. The number of allylic oxidation sites excluding steroid dienone is 1. The molecule has 8 aromatic rings. The fourth-order valence-corrected chi connectivity index (χ4v) is 11.0. The zero-order valence-corrected chi connectivity index (χ0v) is 76.1. The van der Waals surface area contributed by atoms with Crippen molar-refractivity contribution >= 4 is 164 Å². The van der Waals surface area contributed by atoms with Gasteiger partial charge in [-0.25, -0.2) is 21.6 Å². The van der Waals surface area contributed by atoms with Gasteiger partial charge in [0.15, 0.2) is 21.0 Å². The first-order chi connectivity index (χ1) is 56.2. The Balaban J connectivity index is 0. The van der Waals surface area contributed by atoms with Crippen LogP contribution in [0, 0.1) is 74.1 Å². The first-order valence-corrected chi connectivity index (χ1v) is 42.6. The number of rotatable bonds is 15. The van der Waals surface area contributed by atoms with Crippen LogP contribution < -0.4 is 56.6 Å². The average molecular weight is 2180 g/mol. The molecule has 3 unspecified atom stereocenters. The molecule has 0 aromatic heterocycles. The minimum Gasteiger partial charge on any atom is -1.00 e. The number of carbonyl (C=O) groups is 5. The van der Waals surface area contributed by atoms with Crippen molar-refractivity contribution in [3.8, 4) is 30.3 Å². The van der Waals surface area contributed by atoms with E-state index in [1.807, 2.05) is 5.32 Å². The van der Waals surface area contributed by atoms with Crippen molar-refractivity contribution in [1.82, 2.24) is 0 Å². The van der Waals surface area contributed by atoms with Crippen molar-refractivity contribution in [3.05, 3.63) is 261 Å². The number of hydrogen-bond donors (Lipinski definition) is 8. The molecule has 1 heterocycles. The molecule has 3 atom stereocenters. The third-order valence-electron chi connectivity index (χ3n) is 14.8. The summed E-state index contributed by atoms with van der Waals surface area (Å²) in [7, 11) is -4.21. The molecule has 46 heteroatoms. The van der Waals surface area contributed by atoms with Crippen LogP contribution in [0.15, 0.2) is 203 Å². The van der Waals surface area contributed by atoms with E-state index in [0.29, 0.717) is 22.6 Å². The van der Waals surface area contributed by atoms with Crippen LogP contribution in [0.4, 0.5) is 107 Å². The Labute approximate surface area is 774 Å². The van der Waals surface area contributed by atoms with Crippen LogP contribution in [0.1, 0.15) is 91.7 Å². The number of nitrogen functional groups attached to an aromatic ring is 1. The molecule has 1 aliphatic rings. The number of nitrogens with two attached hydrogens (primary N) is 1.